The van der Waals surface area contributed by atoms with Crippen molar-refractivity contribution in [1.82, 2.24) is 4.90 Å². The van der Waals surface area contributed by atoms with Crippen molar-refractivity contribution >= 4 is 38.9 Å². The molecular weight excluding hydrogens is 477 g/mol. The molecule has 6 nitrogen and oxygen atoms in total. The quantitative estimate of drug-likeness (QED) is 0.502. The summed E-state index contributed by atoms with van der Waals surface area (Å²) in [5.74, 6) is -0.377. The van der Waals surface area contributed by atoms with Gasteiger partial charge < -0.3 is 9.80 Å². The molecule has 0 spiro atoms. The molecule has 0 atom stereocenters. The molecule has 3 aromatic rings. The lowest BCUT2D eigenvalue weighted by molar-refractivity contribution is 0.0747. The average molecular weight is 502 g/mol. The van der Waals surface area contributed by atoms with Gasteiger partial charge in [0.25, 0.3) is 5.91 Å². The molecule has 0 unspecified atom stereocenters. The summed E-state index contributed by atoms with van der Waals surface area (Å²) in [4.78, 5) is 16.9. The van der Waals surface area contributed by atoms with Crippen molar-refractivity contribution in [3.05, 3.63) is 94.8 Å². The van der Waals surface area contributed by atoms with Gasteiger partial charge >= 0.3 is 0 Å². The predicted octanol–water partition coefficient (Wildman–Crippen LogP) is 4.41. The molecule has 0 aromatic heterocycles. The molecule has 0 N–H and O–H groups in total. The Labute approximate surface area is 204 Å². The van der Waals surface area contributed by atoms with Gasteiger partial charge in [-0.25, -0.2) is 12.8 Å². The van der Waals surface area contributed by atoms with Gasteiger partial charge in [-0.1, -0.05) is 23.7 Å². The second-order valence-corrected chi connectivity index (χ2v) is 10.5. The molecule has 1 aliphatic heterocycles. The summed E-state index contributed by atoms with van der Waals surface area (Å²) in [6.07, 6.45) is 1.16. The van der Waals surface area contributed by atoms with Crippen molar-refractivity contribution in [2.45, 2.75) is 6.54 Å². The molecule has 1 amide bonds. The monoisotopic (exact) mass is 501 g/mol. The van der Waals surface area contributed by atoms with Gasteiger partial charge in [0.15, 0.2) is 0 Å². The molecule has 0 bridgehead atoms. The van der Waals surface area contributed by atoms with E-state index in [4.69, 9.17) is 11.6 Å². The topological polar surface area (TPSA) is 60.9 Å². The third kappa shape index (κ3) is 5.69. The van der Waals surface area contributed by atoms with Crippen LogP contribution in [0.25, 0.3) is 0 Å². The summed E-state index contributed by atoms with van der Waals surface area (Å²) in [6.45, 7) is 2.55. The Bertz CT molecular complexity index is 1240. The normalized spacial score (nSPS) is 14.2. The number of hydrogen-bond donors (Lipinski definition) is 0. The van der Waals surface area contributed by atoms with Crippen LogP contribution in [0.4, 0.5) is 15.8 Å². The van der Waals surface area contributed by atoms with Gasteiger partial charge in [-0.2, -0.15) is 0 Å². The lowest BCUT2D eigenvalue weighted by atomic mass is 10.1. The third-order valence-corrected chi connectivity index (χ3v) is 7.19. The lowest BCUT2D eigenvalue weighted by Gasteiger charge is -2.36. The van der Waals surface area contributed by atoms with E-state index >= 15 is 0 Å². The number of anilines is 2. The highest BCUT2D eigenvalue weighted by Gasteiger charge is 2.23. The molecule has 34 heavy (non-hydrogen) atoms. The Morgan fingerprint density at radius 2 is 1.50 bits per heavy atom. The molecule has 4 rings (SSSR count). The number of nitrogens with zero attached hydrogens (tertiary/aromatic N) is 3. The maximum atomic E-state index is 13.2. The molecule has 178 valence electrons. The van der Waals surface area contributed by atoms with Gasteiger partial charge in [0.1, 0.15) is 5.82 Å². The molecule has 1 fully saturated rings. The number of halogens is 2. The SMILES string of the molecule is CS(=O)(=O)N(Cc1ccc(Cl)cc1)c1ccc(C(=O)N2CCN(c3ccc(F)cc3)CC2)cc1. The van der Waals surface area contributed by atoms with E-state index < -0.39 is 10.0 Å². The fourth-order valence-corrected chi connectivity index (χ4v) is 4.94. The minimum atomic E-state index is -3.54. The van der Waals surface area contributed by atoms with E-state index in [0.717, 1.165) is 17.5 Å². The van der Waals surface area contributed by atoms with Crippen molar-refractivity contribution in [2.75, 3.05) is 41.6 Å². The first-order valence-electron chi connectivity index (χ1n) is 10.8. The number of sulfonamides is 1. The second-order valence-electron chi connectivity index (χ2n) is 8.20. The van der Waals surface area contributed by atoms with Gasteiger partial charge in [0, 0.05) is 42.5 Å². The summed E-state index contributed by atoms with van der Waals surface area (Å²) in [7, 11) is -3.54. The first-order valence-corrected chi connectivity index (χ1v) is 13.1. The van der Waals surface area contributed by atoms with Crippen molar-refractivity contribution in [2.24, 2.45) is 0 Å². The van der Waals surface area contributed by atoms with Crippen LogP contribution in [-0.4, -0.2) is 51.7 Å². The molecule has 1 heterocycles. The largest absolute Gasteiger partial charge is 0.368 e. The van der Waals surface area contributed by atoms with Gasteiger partial charge in [-0.3, -0.25) is 9.10 Å². The Hall–Kier alpha value is -3.10. The molecule has 3 aromatic carbocycles. The summed E-state index contributed by atoms with van der Waals surface area (Å²) < 4.78 is 39.3. The highest BCUT2D eigenvalue weighted by atomic mass is 35.5. The third-order valence-electron chi connectivity index (χ3n) is 5.80. The van der Waals surface area contributed by atoms with E-state index in [0.29, 0.717) is 42.5 Å². The molecule has 1 saturated heterocycles. The number of amides is 1. The summed E-state index contributed by atoms with van der Waals surface area (Å²) >= 11 is 5.93. The minimum absolute atomic E-state index is 0.103. The first kappa shape index (κ1) is 24.0. The van der Waals surface area contributed by atoms with Crippen LogP contribution >= 0.6 is 11.6 Å². The second kappa shape index (κ2) is 10.0. The highest BCUT2D eigenvalue weighted by molar-refractivity contribution is 7.92. The van der Waals surface area contributed by atoms with Crippen LogP contribution < -0.4 is 9.21 Å². The van der Waals surface area contributed by atoms with E-state index in [-0.39, 0.29) is 18.3 Å². The zero-order chi connectivity index (χ0) is 24.3. The van der Waals surface area contributed by atoms with Crippen LogP contribution in [0.1, 0.15) is 15.9 Å². The van der Waals surface area contributed by atoms with Crippen molar-refractivity contribution in [3.8, 4) is 0 Å². The van der Waals surface area contributed by atoms with Crippen molar-refractivity contribution in [3.63, 3.8) is 0 Å². The molecule has 0 radical (unpaired) electrons. The van der Waals surface area contributed by atoms with Crippen molar-refractivity contribution < 1.29 is 17.6 Å². The Morgan fingerprint density at radius 1 is 0.912 bits per heavy atom. The van der Waals surface area contributed by atoms with Crippen LogP contribution in [0.3, 0.4) is 0 Å². The van der Waals surface area contributed by atoms with Crippen LogP contribution in [0.5, 0.6) is 0 Å². The number of carbonyl (C=O) groups is 1. The van der Waals surface area contributed by atoms with Gasteiger partial charge in [-0.15, -0.1) is 0 Å². The lowest BCUT2D eigenvalue weighted by Crippen LogP contribution is -2.48. The van der Waals surface area contributed by atoms with E-state index in [1.807, 2.05) is 0 Å². The Kier molecular flexibility index (Phi) is 7.09. The van der Waals surface area contributed by atoms with Crippen LogP contribution in [-0.2, 0) is 16.6 Å². The summed E-state index contributed by atoms with van der Waals surface area (Å²) in [6, 6.07) is 20.0. The van der Waals surface area contributed by atoms with E-state index in [1.54, 1.807) is 65.6 Å². The Morgan fingerprint density at radius 3 is 2.06 bits per heavy atom. The number of rotatable bonds is 6. The highest BCUT2D eigenvalue weighted by Crippen LogP contribution is 2.23. The summed E-state index contributed by atoms with van der Waals surface area (Å²) in [5, 5.41) is 0.580. The van der Waals surface area contributed by atoms with Gasteiger partial charge in [-0.05, 0) is 66.2 Å². The molecular formula is C25H25ClFN3O3S. The molecule has 0 aliphatic carbocycles. The maximum absolute atomic E-state index is 13.2. The zero-order valence-corrected chi connectivity index (χ0v) is 20.3. The van der Waals surface area contributed by atoms with Gasteiger partial charge in [0.2, 0.25) is 10.0 Å². The molecule has 0 saturated carbocycles. The number of benzene rings is 3. The standard InChI is InChI=1S/C25H25ClFN3O3S/c1-34(32,33)30(18-19-2-6-21(26)7-3-19)24-10-4-20(5-11-24)25(31)29-16-14-28(15-17-29)23-12-8-22(27)9-13-23/h2-13H,14-18H2,1H3. The van der Waals surface area contributed by atoms with E-state index in [2.05, 4.69) is 4.90 Å². The van der Waals surface area contributed by atoms with Gasteiger partial charge in [0.05, 0.1) is 18.5 Å². The van der Waals surface area contributed by atoms with E-state index in [9.17, 15) is 17.6 Å². The Balaban J connectivity index is 1.43. The van der Waals surface area contributed by atoms with Crippen molar-refractivity contribution in [1.29, 1.82) is 0 Å². The fraction of sp³-hybridized carbons (Fsp3) is 0.240. The number of carbonyl (C=O) groups excluding carboxylic acids is 1. The van der Waals surface area contributed by atoms with Crippen LogP contribution in [0.2, 0.25) is 5.02 Å². The average Bonchev–Trinajstić information content (AvgIpc) is 2.83. The first-order chi connectivity index (χ1) is 16.2. The molecule has 1 aliphatic rings. The maximum Gasteiger partial charge on any atom is 0.253 e. The van der Waals surface area contributed by atoms with Crippen LogP contribution in [0.15, 0.2) is 72.8 Å². The predicted molar refractivity (Wildman–Crippen MR) is 133 cm³/mol. The fourth-order valence-electron chi connectivity index (χ4n) is 3.93. The number of hydrogen-bond acceptors (Lipinski definition) is 4. The smallest absolute Gasteiger partial charge is 0.253 e. The van der Waals surface area contributed by atoms with E-state index in [1.165, 1.54) is 16.4 Å². The van der Waals surface area contributed by atoms with Crippen LogP contribution in [0, 0.1) is 5.82 Å². The summed E-state index contributed by atoms with van der Waals surface area (Å²) in [5.41, 5.74) is 2.71. The molecule has 9 heteroatoms. The minimum Gasteiger partial charge on any atom is -0.368 e. The number of piperazine rings is 1. The zero-order valence-electron chi connectivity index (χ0n) is 18.7.